The number of rotatable bonds is 6. The monoisotopic (exact) mass is 508 g/mol. The van der Waals surface area contributed by atoms with E-state index in [1.807, 2.05) is 55.6 Å². The smallest absolute Gasteiger partial charge is 0.348 e. The molecule has 0 fully saturated rings. The first kappa shape index (κ1) is 23.9. The Bertz CT molecular complexity index is 1450. The van der Waals surface area contributed by atoms with Gasteiger partial charge in [-0.05, 0) is 55.2 Å². The van der Waals surface area contributed by atoms with Gasteiger partial charge in [-0.25, -0.2) is 9.78 Å². The molecule has 2 aromatic carbocycles. The molecule has 0 aliphatic rings. The summed E-state index contributed by atoms with van der Waals surface area (Å²) in [6.45, 7) is 3.80. The summed E-state index contributed by atoms with van der Waals surface area (Å²) >= 11 is 2.60. The van der Waals surface area contributed by atoms with Crippen molar-refractivity contribution in [2.75, 3.05) is 12.2 Å². The molecule has 4 rings (SSSR count). The molecule has 0 saturated carbocycles. The van der Waals surface area contributed by atoms with E-state index in [1.165, 1.54) is 18.4 Å². The Hall–Kier alpha value is -3.21. The van der Waals surface area contributed by atoms with E-state index >= 15 is 0 Å². The second-order valence-electron chi connectivity index (χ2n) is 7.50. The second kappa shape index (κ2) is 9.96. The van der Waals surface area contributed by atoms with E-state index in [0.717, 1.165) is 44.2 Å². The molecular weight excluding hydrogens is 487 g/mol. The number of nitrogens with one attached hydrogen (secondary N) is 1. The van der Waals surface area contributed by atoms with Crippen molar-refractivity contribution in [1.29, 1.82) is 0 Å². The van der Waals surface area contributed by atoms with E-state index in [0.29, 0.717) is 5.30 Å². The van der Waals surface area contributed by atoms with Crippen LogP contribution < -0.4 is 10.4 Å². The van der Waals surface area contributed by atoms with Crippen molar-refractivity contribution in [1.82, 2.24) is 4.98 Å². The molecule has 2 heterocycles. The van der Waals surface area contributed by atoms with Crippen LogP contribution in [0, 0.1) is 25.7 Å². The average molecular weight is 509 g/mol. The minimum atomic E-state index is -3.55. The highest BCUT2D eigenvalue weighted by molar-refractivity contribution is 7.68. The summed E-state index contributed by atoms with van der Waals surface area (Å²) < 4.78 is 19.1. The molecule has 1 atom stereocenters. The molecule has 0 amide bonds. The highest BCUT2D eigenvalue weighted by Gasteiger charge is 2.30. The van der Waals surface area contributed by atoms with Crippen LogP contribution in [0.25, 0.3) is 10.4 Å². The summed E-state index contributed by atoms with van der Waals surface area (Å²) in [4.78, 5) is 16.9. The predicted molar refractivity (Wildman–Crippen MR) is 139 cm³/mol. The molecule has 0 radical (unpaired) electrons. The number of benzene rings is 2. The zero-order valence-corrected chi connectivity index (χ0v) is 21.2. The van der Waals surface area contributed by atoms with Gasteiger partial charge in [0.25, 0.3) is 0 Å². The predicted octanol–water partition coefficient (Wildman–Crippen LogP) is 6.16. The molecule has 0 aliphatic heterocycles. The molecule has 2 N–H and O–H groups in total. The van der Waals surface area contributed by atoms with Crippen molar-refractivity contribution in [2.24, 2.45) is 0 Å². The lowest BCUT2D eigenvalue weighted by molar-refractivity contribution is 0.0703. The van der Waals surface area contributed by atoms with Gasteiger partial charge in [0.1, 0.15) is 10.6 Å². The van der Waals surface area contributed by atoms with Gasteiger partial charge in [0.05, 0.1) is 16.5 Å². The number of carboxylic acids is 1. The lowest BCUT2D eigenvalue weighted by Gasteiger charge is -2.20. The van der Waals surface area contributed by atoms with Crippen LogP contribution in [0.2, 0.25) is 0 Å². The molecule has 0 spiro atoms. The van der Waals surface area contributed by atoms with Gasteiger partial charge < -0.3 is 14.7 Å². The third-order valence-corrected chi connectivity index (χ3v) is 9.00. The Morgan fingerprint density at radius 2 is 1.88 bits per heavy atom. The van der Waals surface area contributed by atoms with Gasteiger partial charge in [0.2, 0.25) is 0 Å². The average Bonchev–Trinajstić information content (AvgIpc) is 3.48. The van der Waals surface area contributed by atoms with Crippen LogP contribution in [0.4, 0.5) is 5.69 Å². The first-order chi connectivity index (χ1) is 16.3. The summed E-state index contributed by atoms with van der Waals surface area (Å²) in [6, 6.07) is 14.7. The van der Waals surface area contributed by atoms with Crippen molar-refractivity contribution in [3.05, 3.63) is 86.7 Å². The number of aromatic carboxylic acids is 1. The lowest BCUT2D eigenvalue weighted by Crippen LogP contribution is -2.17. The number of carbonyl (C=O) groups is 1. The van der Waals surface area contributed by atoms with Gasteiger partial charge in [-0.1, -0.05) is 35.7 Å². The number of hydrogen-bond acceptors (Lipinski definition) is 6. The van der Waals surface area contributed by atoms with Gasteiger partial charge in [-0.3, -0.25) is 4.57 Å². The van der Waals surface area contributed by atoms with Crippen LogP contribution in [-0.4, -0.2) is 23.2 Å². The Kier molecular flexibility index (Phi) is 7.01. The maximum atomic E-state index is 13.7. The number of aryl methyl sites for hydroxylation is 2. The number of hydrogen-bond donors (Lipinski definition) is 2. The summed E-state index contributed by atoms with van der Waals surface area (Å²) in [5.74, 6) is 4.96. The van der Waals surface area contributed by atoms with Crippen LogP contribution in [0.3, 0.4) is 0 Å². The van der Waals surface area contributed by atoms with E-state index in [1.54, 1.807) is 17.6 Å². The molecule has 4 aromatic rings. The highest BCUT2D eigenvalue weighted by atomic mass is 32.1. The molecule has 172 valence electrons. The molecule has 0 aliphatic carbocycles. The standard InChI is InChI=1S/C25H21N2O4PS2/c1-16-4-11-22(17(2)12-16)32(30,31-3)27-21-13-23(34-24(21)25(28)29)19-8-5-18(6-9-19)7-10-20-14-33-15-26-20/h4-6,8-9,11-15H,1-3H3,(H,27,30)(H,28,29). The van der Waals surface area contributed by atoms with Gasteiger partial charge in [0.15, 0.2) is 0 Å². The highest BCUT2D eigenvalue weighted by Crippen LogP contribution is 2.48. The van der Waals surface area contributed by atoms with Crippen molar-refractivity contribution in [3.63, 3.8) is 0 Å². The zero-order valence-electron chi connectivity index (χ0n) is 18.7. The maximum absolute atomic E-state index is 13.7. The molecule has 34 heavy (non-hydrogen) atoms. The number of aromatic nitrogens is 1. The number of thiazole rings is 1. The fraction of sp³-hybridized carbons (Fsp3) is 0.120. The van der Waals surface area contributed by atoms with Crippen molar-refractivity contribution < 1.29 is 19.0 Å². The van der Waals surface area contributed by atoms with E-state index in [4.69, 9.17) is 4.52 Å². The first-order valence-electron chi connectivity index (χ1n) is 10.2. The summed E-state index contributed by atoms with van der Waals surface area (Å²) in [6.07, 6.45) is 0. The van der Waals surface area contributed by atoms with E-state index < -0.39 is 13.5 Å². The summed E-state index contributed by atoms with van der Waals surface area (Å²) in [5.41, 5.74) is 6.21. The fourth-order valence-electron chi connectivity index (χ4n) is 3.40. The Morgan fingerprint density at radius 3 is 2.50 bits per heavy atom. The van der Waals surface area contributed by atoms with E-state index in [-0.39, 0.29) is 10.6 Å². The minimum absolute atomic E-state index is 0.0597. The number of thiophene rings is 1. The van der Waals surface area contributed by atoms with Crippen molar-refractivity contribution in [3.8, 4) is 22.3 Å². The van der Waals surface area contributed by atoms with Crippen LogP contribution in [0.15, 0.2) is 59.4 Å². The van der Waals surface area contributed by atoms with Crippen molar-refractivity contribution in [2.45, 2.75) is 13.8 Å². The minimum Gasteiger partial charge on any atom is -0.477 e. The number of anilines is 1. The molecule has 2 aromatic heterocycles. The maximum Gasteiger partial charge on any atom is 0.348 e. The Morgan fingerprint density at radius 1 is 1.12 bits per heavy atom. The number of nitrogens with zero attached hydrogens (tertiary/aromatic N) is 1. The summed E-state index contributed by atoms with van der Waals surface area (Å²) in [7, 11) is -2.19. The van der Waals surface area contributed by atoms with Gasteiger partial charge >= 0.3 is 13.5 Å². The van der Waals surface area contributed by atoms with Gasteiger partial charge in [0, 0.05) is 22.9 Å². The third-order valence-electron chi connectivity index (χ3n) is 5.06. The third kappa shape index (κ3) is 5.14. The Balaban J connectivity index is 1.65. The van der Waals surface area contributed by atoms with Gasteiger partial charge in [-0.2, -0.15) is 0 Å². The SMILES string of the molecule is COP(=O)(Nc1cc(-c2ccc(C#Cc3cscn3)cc2)sc1C(=O)O)c1ccc(C)cc1C. The molecular formula is C25H21N2O4PS2. The van der Waals surface area contributed by atoms with E-state index in [9.17, 15) is 14.5 Å². The largest absolute Gasteiger partial charge is 0.477 e. The van der Waals surface area contributed by atoms with Crippen LogP contribution in [0.1, 0.15) is 32.1 Å². The molecule has 0 bridgehead atoms. The molecule has 1 unspecified atom stereocenters. The lowest BCUT2D eigenvalue weighted by atomic mass is 10.1. The quantitative estimate of drug-likeness (QED) is 0.239. The van der Waals surface area contributed by atoms with E-state index in [2.05, 4.69) is 21.9 Å². The number of carboxylic acid groups (broad SMARTS) is 1. The molecule has 6 nitrogen and oxygen atoms in total. The van der Waals surface area contributed by atoms with Crippen LogP contribution in [-0.2, 0) is 9.09 Å². The topological polar surface area (TPSA) is 88.5 Å². The second-order valence-corrected chi connectivity index (χ2v) is 11.4. The molecule has 0 saturated heterocycles. The first-order valence-corrected chi connectivity index (χ1v) is 13.6. The molecule has 9 heteroatoms. The fourth-order valence-corrected chi connectivity index (χ4v) is 6.62. The van der Waals surface area contributed by atoms with Crippen molar-refractivity contribution >= 4 is 47.2 Å². The Labute approximate surface area is 205 Å². The van der Waals surface area contributed by atoms with Gasteiger partial charge in [-0.15, -0.1) is 22.7 Å². The summed E-state index contributed by atoms with van der Waals surface area (Å²) in [5, 5.41) is 15.1. The normalized spacial score (nSPS) is 12.4. The van der Waals surface area contributed by atoms with Crippen LogP contribution in [0.5, 0.6) is 0 Å². The van der Waals surface area contributed by atoms with Crippen LogP contribution >= 0.6 is 30.2 Å². The zero-order chi connectivity index (χ0) is 24.3.